The van der Waals surface area contributed by atoms with Crippen molar-refractivity contribution in [3.05, 3.63) is 70.5 Å². The zero-order valence-electron chi connectivity index (χ0n) is 17.9. The normalized spacial score (nSPS) is 21.5. The van der Waals surface area contributed by atoms with Crippen LogP contribution in [0.25, 0.3) is 10.9 Å². The fraction of sp³-hybridized carbons (Fsp3) is 0.400. The lowest BCUT2D eigenvalue weighted by molar-refractivity contribution is -0.914. The van der Waals surface area contributed by atoms with Gasteiger partial charge in [0, 0.05) is 31.4 Å². The number of hydrogen-bond acceptors (Lipinski definition) is 3. The number of benzene rings is 2. The van der Waals surface area contributed by atoms with Crippen LogP contribution >= 0.6 is 0 Å². The Balaban J connectivity index is 1.26. The minimum Gasteiger partial charge on any atom is -0.497 e. The van der Waals surface area contributed by atoms with Crippen LogP contribution in [0.4, 0.5) is 0 Å². The molecule has 158 valence electrons. The Morgan fingerprint density at radius 3 is 2.63 bits per heavy atom. The molecule has 3 aromatic rings. The molecule has 5 heteroatoms. The van der Waals surface area contributed by atoms with Crippen molar-refractivity contribution in [3.63, 3.8) is 0 Å². The summed E-state index contributed by atoms with van der Waals surface area (Å²) in [5, 5.41) is 1.01. The number of piperidine rings is 1. The van der Waals surface area contributed by atoms with Crippen molar-refractivity contribution in [1.29, 1.82) is 0 Å². The zero-order valence-corrected chi connectivity index (χ0v) is 17.9. The molecule has 1 aliphatic rings. The van der Waals surface area contributed by atoms with Gasteiger partial charge in [-0.15, -0.1) is 0 Å². The first-order valence-electron chi connectivity index (χ1n) is 10.8. The highest BCUT2D eigenvalue weighted by Crippen LogP contribution is 2.32. The Kier molecular flexibility index (Phi) is 6.09. The minimum atomic E-state index is -0.0885. The number of fused-ring (bicyclic) bond motifs is 1. The van der Waals surface area contributed by atoms with Gasteiger partial charge in [-0.05, 0) is 47.2 Å². The molecule has 0 radical (unpaired) electrons. The van der Waals surface area contributed by atoms with Crippen LogP contribution < -0.4 is 15.0 Å². The van der Waals surface area contributed by atoms with Gasteiger partial charge in [0.2, 0.25) is 5.56 Å². The molecule has 0 aliphatic carbocycles. The molecule has 2 aromatic carbocycles. The predicted octanol–water partition coefficient (Wildman–Crippen LogP) is 4.33. The third kappa shape index (κ3) is 4.85. The Hall–Kier alpha value is -2.79. The van der Waals surface area contributed by atoms with Crippen LogP contribution in [0.15, 0.2) is 59.4 Å². The number of ether oxygens (including phenoxy) is 2. The van der Waals surface area contributed by atoms with Crippen molar-refractivity contribution >= 4 is 10.9 Å². The molecule has 1 aliphatic heterocycles. The quantitative estimate of drug-likeness (QED) is 0.468. The Morgan fingerprint density at radius 1 is 1.03 bits per heavy atom. The van der Waals surface area contributed by atoms with Crippen LogP contribution in [0.5, 0.6) is 11.5 Å². The fourth-order valence-corrected chi connectivity index (χ4v) is 4.50. The number of methoxy groups -OCH3 is 1. The van der Waals surface area contributed by atoms with E-state index in [4.69, 9.17) is 9.47 Å². The van der Waals surface area contributed by atoms with Crippen molar-refractivity contribution < 1.29 is 14.0 Å². The van der Waals surface area contributed by atoms with Crippen molar-refractivity contribution in [2.45, 2.75) is 25.2 Å². The number of hydrogen-bond donors (Lipinski definition) is 1. The number of quaternary nitrogens is 1. The van der Waals surface area contributed by atoms with E-state index in [2.05, 4.69) is 30.2 Å². The van der Waals surface area contributed by atoms with E-state index >= 15 is 0 Å². The summed E-state index contributed by atoms with van der Waals surface area (Å²) in [6.45, 7) is 4.20. The van der Waals surface area contributed by atoms with Gasteiger partial charge in [0.15, 0.2) is 0 Å². The summed E-state index contributed by atoms with van der Waals surface area (Å²) < 4.78 is 12.4. The summed E-state index contributed by atoms with van der Waals surface area (Å²) in [6, 6.07) is 17.8. The number of nitrogens with one attached hydrogen (secondary N) is 1. The molecule has 2 heterocycles. The maximum Gasteiger partial charge on any atom is 0.248 e. The molecule has 0 unspecified atom stereocenters. The molecule has 0 amide bonds. The molecule has 1 fully saturated rings. The standard InChI is InChI=1S/C25H30N2O3/c1-27(14-11-19(12-15-27)21-5-3-6-22(17-21)29-2)13-4-16-30-23-9-7-20-8-10-25(28)26-24(20)18-23/h3,5-10,17-19H,4,11-16H2,1-2H3/p+1. The second kappa shape index (κ2) is 8.92. The molecule has 0 saturated carbocycles. The Bertz CT molecular complexity index is 1050. The summed E-state index contributed by atoms with van der Waals surface area (Å²) in [7, 11) is 4.09. The smallest absolute Gasteiger partial charge is 0.248 e. The molecule has 0 atom stereocenters. The second-order valence-electron chi connectivity index (χ2n) is 8.61. The number of pyridine rings is 1. The average Bonchev–Trinajstić information content (AvgIpc) is 2.77. The zero-order chi connectivity index (χ0) is 21.0. The summed E-state index contributed by atoms with van der Waals surface area (Å²) in [6.07, 6.45) is 3.44. The second-order valence-corrected chi connectivity index (χ2v) is 8.61. The molecule has 4 rings (SSSR count). The number of likely N-dealkylation sites (tertiary alicyclic amines) is 1. The molecular weight excluding hydrogens is 376 g/mol. The van der Waals surface area contributed by atoms with E-state index in [0.717, 1.165) is 39.9 Å². The molecular formula is C25H31N2O3+. The van der Waals surface area contributed by atoms with E-state index in [-0.39, 0.29) is 5.56 Å². The number of nitrogens with zero attached hydrogens (tertiary/aromatic N) is 1. The van der Waals surface area contributed by atoms with Gasteiger partial charge in [0.1, 0.15) is 11.5 Å². The summed E-state index contributed by atoms with van der Waals surface area (Å²) in [4.78, 5) is 14.4. The van der Waals surface area contributed by atoms with Crippen molar-refractivity contribution in [3.8, 4) is 11.5 Å². The number of rotatable bonds is 7. The van der Waals surface area contributed by atoms with Crippen LogP contribution in [0.1, 0.15) is 30.7 Å². The SMILES string of the molecule is COc1cccc(C2CC[N+](C)(CCCOc3ccc4ccc(=O)[nH]c4c3)CC2)c1. The fourth-order valence-electron chi connectivity index (χ4n) is 4.50. The maximum atomic E-state index is 11.5. The van der Waals surface area contributed by atoms with Gasteiger partial charge < -0.3 is 18.9 Å². The summed E-state index contributed by atoms with van der Waals surface area (Å²) >= 11 is 0. The van der Waals surface area contributed by atoms with Gasteiger partial charge in [-0.3, -0.25) is 4.79 Å². The summed E-state index contributed by atoms with van der Waals surface area (Å²) in [5.41, 5.74) is 2.13. The molecule has 30 heavy (non-hydrogen) atoms. The minimum absolute atomic E-state index is 0.0885. The van der Waals surface area contributed by atoms with Crippen molar-refractivity contribution in [1.82, 2.24) is 4.98 Å². The van der Waals surface area contributed by atoms with E-state index < -0.39 is 0 Å². The van der Waals surface area contributed by atoms with Crippen LogP contribution in [-0.4, -0.2) is 49.9 Å². The van der Waals surface area contributed by atoms with E-state index in [9.17, 15) is 4.79 Å². The monoisotopic (exact) mass is 407 g/mol. The molecule has 0 spiro atoms. The number of aromatic amines is 1. The van der Waals surface area contributed by atoms with Gasteiger partial charge in [-0.2, -0.15) is 0 Å². The molecule has 1 aromatic heterocycles. The third-order valence-electron chi connectivity index (χ3n) is 6.41. The lowest BCUT2D eigenvalue weighted by Gasteiger charge is -2.41. The van der Waals surface area contributed by atoms with Crippen LogP contribution in [0.2, 0.25) is 0 Å². The highest BCUT2D eigenvalue weighted by Gasteiger charge is 2.30. The number of H-pyrrole nitrogens is 1. The largest absolute Gasteiger partial charge is 0.497 e. The maximum absolute atomic E-state index is 11.5. The predicted molar refractivity (Wildman–Crippen MR) is 120 cm³/mol. The van der Waals surface area contributed by atoms with Gasteiger partial charge in [0.25, 0.3) is 0 Å². The Morgan fingerprint density at radius 2 is 1.83 bits per heavy atom. The lowest BCUT2D eigenvalue weighted by Crippen LogP contribution is -2.50. The highest BCUT2D eigenvalue weighted by molar-refractivity contribution is 5.79. The first kappa shape index (κ1) is 20.5. The highest BCUT2D eigenvalue weighted by atomic mass is 16.5. The van der Waals surface area contributed by atoms with Gasteiger partial charge >= 0.3 is 0 Å². The van der Waals surface area contributed by atoms with E-state index in [1.165, 1.54) is 31.5 Å². The van der Waals surface area contributed by atoms with E-state index in [1.54, 1.807) is 13.2 Å². The van der Waals surface area contributed by atoms with Crippen LogP contribution in [0.3, 0.4) is 0 Å². The van der Waals surface area contributed by atoms with Crippen molar-refractivity contribution in [2.24, 2.45) is 0 Å². The van der Waals surface area contributed by atoms with Crippen molar-refractivity contribution in [2.75, 3.05) is 40.4 Å². The Labute approximate surface area is 177 Å². The molecule has 0 bridgehead atoms. The molecule has 1 N–H and O–H groups in total. The van der Waals surface area contributed by atoms with Gasteiger partial charge in [-0.25, -0.2) is 0 Å². The topological polar surface area (TPSA) is 51.3 Å². The van der Waals surface area contributed by atoms with E-state index in [1.807, 2.05) is 30.3 Å². The first-order chi connectivity index (χ1) is 14.5. The number of aromatic nitrogens is 1. The first-order valence-corrected chi connectivity index (χ1v) is 10.8. The van der Waals surface area contributed by atoms with Gasteiger partial charge in [-0.1, -0.05) is 12.1 Å². The lowest BCUT2D eigenvalue weighted by atomic mass is 9.88. The summed E-state index contributed by atoms with van der Waals surface area (Å²) in [5.74, 6) is 2.39. The van der Waals surface area contributed by atoms with Crippen LogP contribution in [-0.2, 0) is 0 Å². The molecule has 1 saturated heterocycles. The molecule has 5 nitrogen and oxygen atoms in total. The third-order valence-corrected chi connectivity index (χ3v) is 6.41. The average molecular weight is 408 g/mol. The van der Waals surface area contributed by atoms with Crippen LogP contribution in [0, 0.1) is 0 Å². The van der Waals surface area contributed by atoms with Gasteiger partial charge in [0.05, 0.1) is 45.9 Å². The van der Waals surface area contributed by atoms with E-state index in [0.29, 0.717) is 12.5 Å².